The molecule has 46 heavy (non-hydrogen) atoms. The highest BCUT2D eigenvalue weighted by atomic mass is 16.6. The Labute approximate surface area is 276 Å². The SMILES string of the molecule is CCCCCCCCCCCCCCCC(=O)O[C@@H]1[C@@H](C)[C@]2(O)C3C=C(C)C(=O)C3C=C(CO)CC2C2[C@](C)(CO)[C@@]21OC(C)=O. The minimum atomic E-state index is -1.51. The van der Waals surface area contributed by atoms with E-state index in [1.54, 1.807) is 19.9 Å². The lowest BCUT2D eigenvalue weighted by molar-refractivity contribution is -0.224. The van der Waals surface area contributed by atoms with Gasteiger partial charge >= 0.3 is 11.9 Å². The number of carbonyl (C=O) groups is 3. The van der Waals surface area contributed by atoms with Gasteiger partial charge in [-0.15, -0.1) is 0 Å². The van der Waals surface area contributed by atoms with E-state index in [1.165, 1.54) is 64.7 Å². The zero-order valence-corrected chi connectivity index (χ0v) is 29.0. The maximum absolute atomic E-state index is 13.4. The predicted octanol–water partition coefficient (Wildman–Crippen LogP) is 6.39. The van der Waals surface area contributed by atoms with E-state index in [1.807, 2.05) is 13.0 Å². The summed E-state index contributed by atoms with van der Waals surface area (Å²) in [4.78, 5) is 39.2. The van der Waals surface area contributed by atoms with Gasteiger partial charge < -0.3 is 24.8 Å². The average molecular weight is 645 g/mol. The van der Waals surface area contributed by atoms with Crippen LogP contribution in [0.2, 0.25) is 0 Å². The molecule has 0 aromatic rings. The Hall–Kier alpha value is -2.03. The van der Waals surface area contributed by atoms with E-state index in [-0.39, 0.29) is 31.8 Å². The molecule has 0 spiro atoms. The van der Waals surface area contributed by atoms with E-state index in [0.717, 1.165) is 19.3 Å². The van der Waals surface area contributed by atoms with Gasteiger partial charge in [0.25, 0.3) is 0 Å². The third-order valence-corrected chi connectivity index (χ3v) is 12.1. The molecule has 0 aromatic heterocycles. The molecule has 3 N–H and O–H groups in total. The highest BCUT2D eigenvalue weighted by molar-refractivity contribution is 6.01. The van der Waals surface area contributed by atoms with Crippen molar-refractivity contribution in [1.29, 1.82) is 0 Å². The topological polar surface area (TPSA) is 130 Å². The lowest BCUT2D eigenvalue weighted by atomic mass is 9.59. The molecule has 4 aliphatic carbocycles. The van der Waals surface area contributed by atoms with E-state index in [4.69, 9.17) is 9.47 Å². The minimum absolute atomic E-state index is 0.0919. The van der Waals surface area contributed by atoms with Crippen molar-refractivity contribution in [2.24, 2.45) is 35.0 Å². The third-order valence-electron chi connectivity index (χ3n) is 12.1. The summed E-state index contributed by atoms with van der Waals surface area (Å²) in [5.74, 6) is -4.08. The van der Waals surface area contributed by atoms with Gasteiger partial charge in [-0.3, -0.25) is 14.4 Å². The van der Waals surface area contributed by atoms with Crippen molar-refractivity contribution in [2.75, 3.05) is 13.2 Å². The molecule has 0 saturated heterocycles. The Morgan fingerprint density at radius 3 is 2.02 bits per heavy atom. The molecule has 260 valence electrons. The number of allylic oxidation sites excluding steroid dienone is 2. The number of aliphatic hydroxyl groups is 3. The van der Waals surface area contributed by atoms with E-state index in [2.05, 4.69) is 6.92 Å². The molecule has 8 nitrogen and oxygen atoms in total. The first-order chi connectivity index (χ1) is 21.9. The van der Waals surface area contributed by atoms with Crippen LogP contribution in [0.25, 0.3) is 0 Å². The number of Topliss-reactive ketones (excluding diaryl/α,β-unsaturated/α-hetero) is 1. The van der Waals surface area contributed by atoms with Gasteiger partial charge in [0.15, 0.2) is 11.4 Å². The lowest BCUT2D eigenvalue weighted by Crippen LogP contribution is -2.64. The van der Waals surface area contributed by atoms with Gasteiger partial charge in [0, 0.05) is 48.3 Å². The van der Waals surface area contributed by atoms with Crippen LogP contribution in [-0.2, 0) is 23.9 Å². The number of ketones is 1. The van der Waals surface area contributed by atoms with Gasteiger partial charge in [-0.05, 0) is 30.9 Å². The second kappa shape index (κ2) is 15.5. The highest BCUT2D eigenvalue weighted by Crippen LogP contribution is 2.77. The largest absolute Gasteiger partial charge is 0.458 e. The summed E-state index contributed by atoms with van der Waals surface area (Å²) in [6.07, 6.45) is 18.7. The molecule has 2 fully saturated rings. The zero-order chi connectivity index (χ0) is 33.7. The Bertz CT molecular complexity index is 1160. The van der Waals surface area contributed by atoms with Crippen LogP contribution in [0.5, 0.6) is 0 Å². The van der Waals surface area contributed by atoms with Crippen LogP contribution in [0, 0.1) is 35.0 Å². The van der Waals surface area contributed by atoms with Crippen molar-refractivity contribution in [1.82, 2.24) is 0 Å². The standard InChI is InChI=1S/C38H60O8/c1-6-7-8-9-10-11-12-13-14-15-16-17-18-19-32(42)45-35-26(3)37(44)30-20-25(2)33(43)29(30)21-28(23-39)22-31(37)34-36(5,24-40)38(34,35)46-27(4)41/h20-21,26,29-31,34-35,39-40,44H,6-19,22-24H2,1-5H3/t26-,29?,30?,31?,34?,35-,36+,37+,38-/m1/s1. The Kier molecular flexibility index (Phi) is 12.4. The highest BCUT2D eigenvalue weighted by Gasteiger charge is 2.88. The summed E-state index contributed by atoms with van der Waals surface area (Å²) >= 11 is 0. The van der Waals surface area contributed by atoms with Crippen LogP contribution in [0.4, 0.5) is 0 Å². The van der Waals surface area contributed by atoms with Gasteiger partial charge in [0.2, 0.25) is 0 Å². The first kappa shape index (κ1) is 36.8. The number of hydrogen-bond acceptors (Lipinski definition) is 8. The van der Waals surface area contributed by atoms with Crippen LogP contribution in [0.3, 0.4) is 0 Å². The first-order valence-electron chi connectivity index (χ1n) is 18.2. The predicted molar refractivity (Wildman–Crippen MR) is 177 cm³/mol. The van der Waals surface area contributed by atoms with Gasteiger partial charge in [-0.2, -0.15) is 0 Å². The van der Waals surface area contributed by atoms with E-state index in [9.17, 15) is 29.7 Å². The maximum Gasteiger partial charge on any atom is 0.306 e. The number of ether oxygens (including phenoxy) is 2. The molecule has 2 saturated carbocycles. The van der Waals surface area contributed by atoms with Crippen LogP contribution in [-0.4, -0.2) is 63.6 Å². The molecular weight excluding hydrogens is 584 g/mol. The fourth-order valence-corrected chi connectivity index (χ4v) is 9.58. The van der Waals surface area contributed by atoms with Crippen LogP contribution in [0.15, 0.2) is 23.3 Å². The Morgan fingerprint density at radius 1 is 0.935 bits per heavy atom. The summed E-state index contributed by atoms with van der Waals surface area (Å²) in [5.41, 5.74) is -2.62. The number of fused-ring (bicyclic) bond motifs is 5. The maximum atomic E-state index is 13.4. The smallest absolute Gasteiger partial charge is 0.306 e. The third kappa shape index (κ3) is 6.78. The number of aliphatic hydroxyl groups excluding tert-OH is 2. The van der Waals surface area contributed by atoms with Crippen molar-refractivity contribution in [2.45, 2.75) is 148 Å². The van der Waals surface area contributed by atoms with Crippen molar-refractivity contribution in [3.63, 3.8) is 0 Å². The molecule has 9 atom stereocenters. The summed E-state index contributed by atoms with van der Waals surface area (Å²) in [5, 5.41) is 33.8. The van der Waals surface area contributed by atoms with Crippen molar-refractivity contribution in [3.05, 3.63) is 23.3 Å². The van der Waals surface area contributed by atoms with Crippen LogP contribution < -0.4 is 0 Å². The number of esters is 2. The number of carbonyl (C=O) groups excluding carboxylic acids is 3. The molecule has 8 heteroatoms. The molecule has 0 aromatic carbocycles. The van der Waals surface area contributed by atoms with Crippen molar-refractivity contribution < 1.29 is 39.2 Å². The second-order valence-electron chi connectivity index (χ2n) is 15.1. The van der Waals surface area contributed by atoms with Gasteiger partial charge in [0.1, 0.15) is 6.10 Å². The monoisotopic (exact) mass is 644 g/mol. The molecule has 0 aliphatic heterocycles. The molecule has 0 radical (unpaired) electrons. The molecule has 4 aliphatic rings. The number of unbranched alkanes of at least 4 members (excludes halogenated alkanes) is 12. The minimum Gasteiger partial charge on any atom is -0.458 e. The Morgan fingerprint density at radius 2 is 1.50 bits per heavy atom. The molecule has 0 heterocycles. The van der Waals surface area contributed by atoms with Gasteiger partial charge in [-0.1, -0.05) is 110 Å². The molecule has 4 unspecified atom stereocenters. The zero-order valence-electron chi connectivity index (χ0n) is 29.0. The van der Waals surface area contributed by atoms with Gasteiger partial charge in [-0.25, -0.2) is 0 Å². The molecule has 0 amide bonds. The second-order valence-corrected chi connectivity index (χ2v) is 15.1. The van der Waals surface area contributed by atoms with Crippen LogP contribution >= 0.6 is 0 Å². The summed E-state index contributed by atoms with van der Waals surface area (Å²) in [6.45, 7) is 8.31. The fraction of sp³-hybridized carbons (Fsp3) is 0.816. The average Bonchev–Trinajstić information content (AvgIpc) is 3.47. The molecular formula is C38H60O8. The Balaban J connectivity index is 1.42. The van der Waals surface area contributed by atoms with Crippen molar-refractivity contribution >= 4 is 17.7 Å². The fourth-order valence-electron chi connectivity index (χ4n) is 9.58. The van der Waals surface area contributed by atoms with Gasteiger partial charge in [0.05, 0.1) is 18.8 Å². The summed E-state index contributed by atoms with van der Waals surface area (Å²) in [6, 6.07) is 0. The molecule has 4 rings (SSSR count). The normalized spacial score (nSPS) is 36.1. The van der Waals surface area contributed by atoms with E-state index >= 15 is 0 Å². The first-order valence-corrected chi connectivity index (χ1v) is 18.2. The van der Waals surface area contributed by atoms with Crippen LogP contribution in [0.1, 0.15) is 131 Å². The lowest BCUT2D eigenvalue weighted by Gasteiger charge is -2.52. The van der Waals surface area contributed by atoms with Crippen molar-refractivity contribution in [3.8, 4) is 0 Å². The number of rotatable bonds is 18. The van der Waals surface area contributed by atoms with E-state index < -0.39 is 64.2 Å². The quantitative estimate of drug-likeness (QED) is 0.0889. The van der Waals surface area contributed by atoms with E-state index in [0.29, 0.717) is 17.6 Å². The summed E-state index contributed by atoms with van der Waals surface area (Å²) < 4.78 is 12.3. The summed E-state index contributed by atoms with van der Waals surface area (Å²) in [7, 11) is 0. The number of hydrogen-bond donors (Lipinski definition) is 3. The molecule has 0 bridgehead atoms.